The Labute approximate surface area is 134 Å². The first-order chi connectivity index (χ1) is 9.49. The number of hydrogen-bond donors (Lipinski definition) is 1. The lowest BCUT2D eigenvalue weighted by molar-refractivity contribution is 0.0691. The Bertz CT molecular complexity index is 639. The topological polar surface area (TPSA) is 46.5 Å². The minimum atomic E-state index is -1.06. The summed E-state index contributed by atoms with van der Waals surface area (Å²) in [7, 11) is 0. The highest BCUT2D eigenvalue weighted by atomic mass is 79.9. The lowest BCUT2D eigenvalue weighted by Gasteiger charge is -2.11. The van der Waals surface area contributed by atoms with Crippen molar-refractivity contribution in [2.24, 2.45) is 0 Å². The molecule has 0 atom stereocenters. The Balaban J connectivity index is 2.25. The van der Waals surface area contributed by atoms with Crippen molar-refractivity contribution in [2.45, 2.75) is 6.61 Å². The normalized spacial score (nSPS) is 10.3. The zero-order chi connectivity index (χ0) is 14.7. The predicted octanol–water partition coefficient (Wildman–Crippen LogP) is 5.03. The van der Waals surface area contributed by atoms with Gasteiger partial charge in [-0.15, -0.1) is 0 Å². The fourth-order valence-electron chi connectivity index (χ4n) is 1.62. The molecule has 0 radical (unpaired) electrons. The maximum Gasteiger partial charge on any atom is 0.339 e. The van der Waals surface area contributed by atoms with Crippen LogP contribution in [0.4, 0.5) is 0 Å². The first-order valence-corrected chi connectivity index (χ1v) is 7.12. The van der Waals surface area contributed by atoms with Crippen LogP contribution in [0.5, 0.6) is 5.75 Å². The molecule has 3 nitrogen and oxygen atoms in total. The number of carbonyl (C=O) groups is 1. The van der Waals surface area contributed by atoms with Crippen LogP contribution >= 0.6 is 39.1 Å². The van der Waals surface area contributed by atoms with Gasteiger partial charge in [0.1, 0.15) is 17.9 Å². The van der Waals surface area contributed by atoms with Crippen molar-refractivity contribution in [1.82, 2.24) is 0 Å². The second-order valence-corrected chi connectivity index (χ2v) is 5.66. The van der Waals surface area contributed by atoms with Crippen LogP contribution in [0.2, 0.25) is 10.0 Å². The summed E-state index contributed by atoms with van der Waals surface area (Å²) >= 11 is 15.3. The number of rotatable bonds is 4. The third kappa shape index (κ3) is 3.45. The molecule has 0 amide bonds. The Hall–Kier alpha value is -1.23. The molecular formula is C14H9BrCl2O3. The van der Waals surface area contributed by atoms with Crippen LogP contribution in [0, 0.1) is 0 Å². The molecule has 2 aromatic rings. The summed E-state index contributed by atoms with van der Waals surface area (Å²) in [5.41, 5.74) is 0.692. The molecule has 6 heteroatoms. The molecule has 0 aliphatic rings. The lowest BCUT2D eigenvalue weighted by atomic mass is 10.2. The van der Waals surface area contributed by atoms with Gasteiger partial charge in [0.15, 0.2) is 0 Å². The van der Waals surface area contributed by atoms with Crippen molar-refractivity contribution < 1.29 is 14.6 Å². The van der Waals surface area contributed by atoms with Crippen LogP contribution in [-0.4, -0.2) is 11.1 Å². The molecule has 0 spiro atoms. The van der Waals surface area contributed by atoms with E-state index in [0.717, 1.165) is 0 Å². The number of benzene rings is 2. The molecule has 20 heavy (non-hydrogen) atoms. The van der Waals surface area contributed by atoms with Gasteiger partial charge in [-0.2, -0.15) is 0 Å². The zero-order valence-electron chi connectivity index (χ0n) is 10.1. The lowest BCUT2D eigenvalue weighted by Crippen LogP contribution is -2.04. The zero-order valence-corrected chi connectivity index (χ0v) is 13.2. The Kier molecular flexibility index (Phi) is 4.91. The van der Waals surface area contributed by atoms with Gasteiger partial charge in [-0.05, 0) is 30.3 Å². The molecular weight excluding hydrogens is 367 g/mol. The van der Waals surface area contributed by atoms with Crippen LogP contribution in [-0.2, 0) is 6.61 Å². The molecule has 0 saturated carbocycles. The van der Waals surface area contributed by atoms with E-state index < -0.39 is 5.97 Å². The monoisotopic (exact) mass is 374 g/mol. The van der Waals surface area contributed by atoms with E-state index in [1.165, 1.54) is 6.07 Å². The van der Waals surface area contributed by atoms with Crippen molar-refractivity contribution in [3.8, 4) is 5.75 Å². The maximum absolute atomic E-state index is 11.2. The number of carboxylic acids is 1. The van der Waals surface area contributed by atoms with Gasteiger partial charge in [0.05, 0.1) is 0 Å². The van der Waals surface area contributed by atoms with Gasteiger partial charge >= 0.3 is 5.97 Å². The molecule has 0 unspecified atom stereocenters. The van der Waals surface area contributed by atoms with E-state index in [9.17, 15) is 4.79 Å². The number of hydrogen-bond acceptors (Lipinski definition) is 2. The van der Waals surface area contributed by atoms with Crippen molar-refractivity contribution in [1.29, 1.82) is 0 Å². The van der Waals surface area contributed by atoms with Gasteiger partial charge in [-0.3, -0.25) is 0 Å². The van der Waals surface area contributed by atoms with Gasteiger partial charge in [-0.25, -0.2) is 4.79 Å². The van der Waals surface area contributed by atoms with Crippen LogP contribution in [0.15, 0.2) is 40.9 Å². The van der Waals surface area contributed by atoms with Gasteiger partial charge in [-0.1, -0.05) is 45.2 Å². The second-order valence-electron chi connectivity index (χ2n) is 3.93. The molecule has 0 aliphatic heterocycles. The van der Waals surface area contributed by atoms with E-state index in [2.05, 4.69) is 15.9 Å². The molecule has 0 aliphatic carbocycles. The minimum absolute atomic E-state index is 0.0718. The van der Waals surface area contributed by atoms with Crippen LogP contribution in [0.1, 0.15) is 15.9 Å². The van der Waals surface area contributed by atoms with E-state index >= 15 is 0 Å². The number of carboxylic acid groups (broad SMARTS) is 1. The fraction of sp³-hybridized carbons (Fsp3) is 0.0714. The summed E-state index contributed by atoms with van der Waals surface area (Å²) in [5, 5.41) is 10.1. The molecule has 2 rings (SSSR count). The van der Waals surface area contributed by atoms with E-state index in [4.69, 9.17) is 33.0 Å². The van der Waals surface area contributed by atoms with E-state index in [1.807, 2.05) is 0 Å². The third-order valence-electron chi connectivity index (χ3n) is 2.61. The van der Waals surface area contributed by atoms with Gasteiger partial charge in [0.2, 0.25) is 0 Å². The Morgan fingerprint density at radius 1 is 1.20 bits per heavy atom. The van der Waals surface area contributed by atoms with Gasteiger partial charge in [0.25, 0.3) is 0 Å². The minimum Gasteiger partial charge on any atom is -0.488 e. The van der Waals surface area contributed by atoms with E-state index in [0.29, 0.717) is 20.1 Å². The van der Waals surface area contributed by atoms with E-state index in [-0.39, 0.29) is 17.9 Å². The molecule has 0 aromatic heterocycles. The Morgan fingerprint density at radius 2 is 1.85 bits per heavy atom. The van der Waals surface area contributed by atoms with Crippen LogP contribution < -0.4 is 4.74 Å². The molecule has 0 heterocycles. The summed E-state index contributed by atoms with van der Waals surface area (Å²) in [4.78, 5) is 11.2. The average molecular weight is 376 g/mol. The molecule has 1 N–H and O–H groups in total. The maximum atomic E-state index is 11.2. The molecule has 0 bridgehead atoms. The predicted molar refractivity (Wildman–Crippen MR) is 81.9 cm³/mol. The van der Waals surface area contributed by atoms with Crippen molar-refractivity contribution in [3.63, 3.8) is 0 Å². The van der Waals surface area contributed by atoms with E-state index in [1.54, 1.807) is 30.3 Å². The summed E-state index contributed by atoms with van der Waals surface area (Å²) < 4.78 is 6.20. The van der Waals surface area contributed by atoms with Gasteiger partial charge in [0, 0.05) is 20.1 Å². The molecule has 0 fully saturated rings. The highest BCUT2D eigenvalue weighted by molar-refractivity contribution is 9.10. The largest absolute Gasteiger partial charge is 0.488 e. The average Bonchev–Trinajstić information content (AvgIpc) is 2.39. The third-order valence-corrected chi connectivity index (χ3v) is 3.81. The second kappa shape index (κ2) is 6.48. The van der Waals surface area contributed by atoms with Crippen molar-refractivity contribution >= 4 is 45.1 Å². The summed E-state index contributed by atoms with van der Waals surface area (Å²) in [5.74, 6) is -0.803. The fourth-order valence-corrected chi connectivity index (χ4v) is 2.48. The Morgan fingerprint density at radius 3 is 2.45 bits per heavy atom. The highest BCUT2D eigenvalue weighted by Crippen LogP contribution is 2.28. The van der Waals surface area contributed by atoms with Gasteiger partial charge < -0.3 is 9.84 Å². The molecule has 104 valence electrons. The first-order valence-electron chi connectivity index (χ1n) is 5.57. The van der Waals surface area contributed by atoms with Crippen LogP contribution in [0.25, 0.3) is 0 Å². The summed E-state index contributed by atoms with van der Waals surface area (Å²) in [6.45, 7) is 0.0976. The molecule has 2 aromatic carbocycles. The number of ether oxygens (including phenoxy) is 1. The standard InChI is InChI=1S/C14H9BrCl2O3/c15-8-4-5-13(9(6-8)14(18)19)20-7-10-11(16)2-1-3-12(10)17/h1-6H,7H2,(H,18,19). The number of aromatic carboxylic acids is 1. The number of halogens is 3. The van der Waals surface area contributed by atoms with Crippen molar-refractivity contribution in [3.05, 3.63) is 62.0 Å². The van der Waals surface area contributed by atoms with Crippen molar-refractivity contribution in [2.75, 3.05) is 0 Å². The summed E-state index contributed by atoms with van der Waals surface area (Å²) in [6.07, 6.45) is 0. The summed E-state index contributed by atoms with van der Waals surface area (Å²) in [6, 6.07) is 9.90. The SMILES string of the molecule is O=C(O)c1cc(Br)ccc1OCc1c(Cl)cccc1Cl. The molecule has 0 saturated heterocycles. The smallest absolute Gasteiger partial charge is 0.339 e. The first kappa shape index (κ1) is 15.2. The highest BCUT2D eigenvalue weighted by Gasteiger charge is 2.13. The van der Waals surface area contributed by atoms with Crippen LogP contribution in [0.3, 0.4) is 0 Å². The quantitative estimate of drug-likeness (QED) is 0.814.